The first-order valence-electron chi connectivity index (χ1n) is 5.66. The SMILES string of the molecule is CN(C)C(=O)CCCN1CCC(C(=O)O)C1. The fourth-order valence-electron chi connectivity index (χ4n) is 1.91. The van der Waals surface area contributed by atoms with E-state index in [-0.39, 0.29) is 11.8 Å². The van der Waals surface area contributed by atoms with Crippen LogP contribution in [0, 0.1) is 5.92 Å². The highest BCUT2D eigenvalue weighted by atomic mass is 16.4. The number of hydrogen-bond donors (Lipinski definition) is 1. The van der Waals surface area contributed by atoms with E-state index in [1.807, 2.05) is 0 Å². The number of carboxylic acid groups (broad SMARTS) is 1. The van der Waals surface area contributed by atoms with E-state index in [0.29, 0.717) is 13.0 Å². The second-order valence-electron chi connectivity index (χ2n) is 4.52. The molecule has 1 aliphatic rings. The zero-order chi connectivity index (χ0) is 12.1. The molecule has 92 valence electrons. The van der Waals surface area contributed by atoms with Crippen LogP contribution in [-0.4, -0.2) is 60.5 Å². The predicted molar refractivity (Wildman–Crippen MR) is 60.1 cm³/mol. The lowest BCUT2D eigenvalue weighted by Gasteiger charge is -2.15. The number of nitrogens with zero attached hydrogens (tertiary/aromatic N) is 2. The molecule has 0 aliphatic carbocycles. The van der Waals surface area contributed by atoms with E-state index in [1.54, 1.807) is 19.0 Å². The Labute approximate surface area is 96.0 Å². The standard InChI is InChI=1S/C11H20N2O3/c1-12(2)10(14)4-3-6-13-7-5-9(8-13)11(15)16/h9H,3-8H2,1-2H3,(H,15,16). The van der Waals surface area contributed by atoms with Crippen LogP contribution in [0.15, 0.2) is 0 Å². The van der Waals surface area contributed by atoms with Gasteiger partial charge in [-0.05, 0) is 25.9 Å². The van der Waals surface area contributed by atoms with Gasteiger partial charge in [0, 0.05) is 27.1 Å². The molecule has 1 fully saturated rings. The summed E-state index contributed by atoms with van der Waals surface area (Å²) >= 11 is 0. The van der Waals surface area contributed by atoms with Gasteiger partial charge in [-0.3, -0.25) is 9.59 Å². The third-order valence-corrected chi connectivity index (χ3v) is 2.99. The lowest BCUT2D eigenvalue weighted by Crippen LogP contribution is -2.26. The van der Waals surface area contributed by atoms with Gasteiger partial charge in [-0.15, -0.1) is 0 Å². The molecular weight excluding hydrogens is 208 g/mol. The molecule has 0 radical (unpaired) electrons. The van der Waals surface area contributed by atoms with E-state index in [0.717, 1.165) is 25.9 Å². The van der Waals surface area contributed by atoms with E-state index in [9.17, 15) is 9.59 Å². The zero-order valence-electron chi connectivity index (χ0n) is 9.98. The van der Waals surface area contributed by atoms with Crippen molar-refractivity contribution in [3.63, 3.8) is 0 Å². The Morgan fingerprint density at radius 2 is 2.12 bits per heavy atom. The Bertz CT molecular complexity index is 266. The predicted octanol–water partition coefficient (Wildman–Crippen LogP) is 0.261. The van der Waals surface area contributed by atoms with E-state index >= 15 is 0 Å². The van der Waals surface area contributed by atoms with Gasteiger partial charge in [0.25, 0.3) is 0 Å². The molecule has 1 atom stereocenters. The van der Waals surface area contributed by atoms with Gasteiger partial charge in [0.2, 0.25) is 5.91 Å². The average Bonchev–Trinajstić information content (AvgIpc) is 2.66. The Morgan fingerprint density at radius 1 is 1.44 bits per heavy atom. The molecule has 0 saturated carbocycles. The molecule has 1 heterocycles. The average molecular weight is 228 g/mol. The highest BCUT2D eigenvalue weighted by molar-refractivity contribution is 5.75. The number of aliphatic carboxylic acids is 1. The van der Waals surface area contributed by atoms with E-state index in [4.69, 9.17) is 5.11 Å². The molecule has 0 spiro atoms. The monoisotopic (exact) mass is 228 g/mol. The summed E-state index contributed by atoms with van der Waals surface area (Å²) in [6.07, 6.45) is 2.08. The number of rotatable bonds is 5. The van der Waals surface area contributed by atoms with Crippen LogP contribution in [0.3, 0.4) is 0 Å². The Morgan fingerprint density at radius 3 is 2.62 bits per heavy atom. The van der Waals surface area contributed by atoms with Gasteiger partial charge in [-0.2, -0.15) is 0 Å². The van der Waals surface area contributed by atoms with Gasteiger partial charge >= 0.3 is 5.97 Å². The Kier molecular flexibility index (Phi) is 4.73. The van der Waals surface area contributed by atoms with Crippen LogP contribution < -0.4 is 0 Å². The number of hydrogen-bond acceptors (Lipinski definition) is 3. The molecule has 1 aliphatic heterocycles. The number of likely N-dealkylation sites (tertiary alicyclic amines) is 1. The molecule has 1 N–H and O–H groups in total. The van der Waals surface area contributed by atoms with Gasteiger partial charge in [-0.1, -0.05) is 0 Å². The van der Waals surface area contributed by atoms with E-state index < -0.39 is 5.97 Å². The third kappa shape index (κ3) is 3.81. The van der Waals surface area contributed by atoms with Crippen molar-refractivity contribution in [1.82, 2.24) is 9.80 Å². The van der Waals surface area contributed by atoms with Crippen molar-refractivity contribution in [2.45, 2.75) is 19.3 Å². The van der Waals surface area contributed by atoms with Gasteiger partial charge in [0.15, 0.2) is 0 Å². The van der Waals surface area contributed by atoms with Crippen molar-refractivity contribution in [2.75, 3.05) is 33.7 Å². The Hall–Kier alpha value is -1.10. The highest BCUT2D eigenvalue weighted by Gasteiger charge is 2.27. The molecule has 16 heavy (non-hydrogen) atoms. The quantitative estimate of drug-likeness (QED) is 0.733. The summed E-state index contributed by atoms with van der Waals surface area (Å²) in [4.78, 5) is 25.7. The summed E-state index contributed by atoms with van der Waals surface area (Å²) in [5.74, 6) is -0.787. The lowest BCUT2D eigenvalue weighted by atomic mass is 10.1. The summed E-state index contributed by atoms with van der Waals surface area (Å²) in [6.45, 7) is 2.29. The summed E-state index contributed by atoms with van der Waals surface area (Å²) in [7, 11) is 3.50. The fraction of sp³-hybridized carbons (Fsp3) is 0.818. The van der Waals surface area contributed by atoms with Crippen LogP contribution in [0.2, 0.25) is 0 Å². The Balaban J connectivity index is 2.16. The zero-order valence-corrected chi connectivity index (χ0v) is 9.98. The largest absolute Gasteiger partial charge is 0.481 e. The van der Waals surface area contributed by atoms with Crippen LogP contribution in [0.25, 0.3) is 0 Å². The highest BCUT2D eigenvalue weighted by Crippen LogP contribution is 2.16. The topological polar surface area (TPSA) is 60.9 Å². The number of carbonyl (C=O) groups is 2. The van der Waals surface area contributed by atoms with Gasteiger partial charge in [-0.25, -0.2) is 0 Å². The smallest absolute Gasteiger partial charge is 0.307 e. The molecule has 0 aromatic carbocycles. The van der Waals surface area contributed by atoms with Crippen LogP contribution in [0.1, 0.15) is 19.3 Å². The third-order valence-electron chi connectivity index (χ3n) is 2.99. The number of carboxylic acids is 1. The molecule has 1 rings (SSSR count). The van der Waals surface area contributed by atoms with Crippen molar-refractivity contribution in [1.29, 1.82) is 0 Å². The lowest BCUT2D eigenvalue weighted by molar-refractivity contribution is -0.141. The van der Waals surface area contributed by atoms with E-state index in [2.05, 4.69) is 4.90 Å². The molecule has 0 aromatic rings. The maximum absolute atomic E-state index is 11.3. The van der Waals surface area contributed by atoms with Crippen molar-refractivity contribution in [2.24, 2.45) is 5.92 Å². The molecule has 5 nitrogen and oxygen atoms in total. The van der Waals surface area contributed by atoms with Crippen molar-refractivity contribution < 1.29 is 14.7 Å². The molecule has 1 amide bonds. The maximum Gasteiger partial charge on any atom is 0.307 e. The van der Waals surface area contributed by atoms with Crippen LogP contribution in [-0.2, 0) is 9.59 Å². The fourth-order valence-corrected chi connectivity index (χ4v) is 1.91. The van der Waals surface area contributed by atoms with Crippen molar-refractivity contribution >= 4 is 11.9 Å². The van der Waals surface area contributed by atoms with Gasteiger partial charge < -0.3 is 14.9 Å². The van der Waals surface area contributed by atoms with Crippen molar-refractivity contribution in [3.05, 3.63) is 0 Å². The maximum atomic E-state index is 11.3. The second-order valence-corrected chi connectivity index (χ2v) is 4.52. The number of amides is 1. The molecule has 1 saturated heterocycles. The first-order chi connectivity index (χ1) is 7.50. The van der Waals surface area contributed by atoms with Crippen molar-refractivity contribution in [3.8, 4) is 0 Å². The molecule has 0 bridgehead atoms. The first kappa shape index (κ1) is 13.0. The van der Waals surface area contributed by atoms with E-state index in [1.165, 1.54) is 0 Å². The minimum Gasteiger partial charge on any atom is -0.481 e. The minimum atomic E-state index is -0.702. The number of carbonyl (C=O) groups excluding carboxylic acids is 1. The van der Waals surface area contributed by atoms with Crippen LogP contribution in [0.5, 0.6) is 0 Å². The summed E-state index contributed by atoms with van der Waals surface area (Å²) in [5.41, 5.74) is 0. The minimum absolute atomic E-state index is 0.133. The van der Waals surface area contributed by atoms with Gasteiger partial charge in [0.1, 0.15) is 0 Å². The summed E-state index contributed by atoms with van der Waals surface area (Å²) in [5, 5.41) is 8.83. The summed E-state index contributed by atoms with van der Waals surface area (Å²) in [6, 6.07) is 0. The molecular formula is C11H20N2O3. The first-order valence-corrected chi connectivity index (χ1v) is 5.66. The molecule has 0 aromatic heterocycles. The normalized spacial score (nSPS) is 21.0. The second kappa shape index (κ2) is 5.84. The van der Waals surface area contributed by atoms with Crippen LogP contribution in [0.4, 0.5) is 0 Å². The van der Waals surface area contributed by atoms with Crippen LogP contribution >= 0.6 is 0 Å². The molecule has 5 heteroatoms. The van der Waals surface area contributed by atoms with Gasteiger partial charge in [0.05, 0.1) is 5.92 Å². The summed E-state index contributed by atoms with van der Waals surface area (Å²) < 4.78 is 0. The molecule has 1 unspecified atom stereocenters.